The van der Waals surface area contributed by atoms with Gasteiger partial charge >= 0.3 is 0 Å². The summed E-state index contributed by atoms with van der Waals surface area (Å²) in [5, 5.41) is 23.2. The second-order valence-corrected chi connectivity index (χ2v) is 14.3. The third-order valence-corrected chi connectivity index (χ3v) is 7.10. The maximum atomic E-state index is 11.2. The minimum absolute atomic E-state index is 0.0931. The van der Waals surface area contributed by atoms with Crippen molar-refractivity contribution in [3.8, 4) is 11.5 Å². The van der Waals surface area contributed by atoms with Crippen molar-refractivity contribution in [1.29, 1.82) is 0 Å². The first-order chi connectivity index (χ1) is 14.7. The molecule has 0 radical (unpaired) electrons. The molecule has 0 aliphatic rings. The number of phenols is 2. The van der Waals surface area contributed by atoms with Gasteiger partial charge in [-0.05, 0) is 55.0 Å². The Kier molecular flexibility index (Phi) is 7.53. The summed E-state index contributed by atoms with van der Waals surface area (Å²) in [4.78, 5) is 0. The summed E-state index contributed by atoms with van der Waals surface area (Å²) in [6.07, 6.45) is 0. The number of hydrogen-bond acceptors (Lipinski definition) is 2. The van der Waals surface area contributed by atoms with Crippen LogP contribution < -0.4 is 0 Å². The first kappa shape index (κ1) is 27.8. The van der Waals surface area contributed by atoms with Crippen LogP contribution in [0.5, 0.6) is 11.5 Å². The first-order valence-corrected chi connectivity index (χ1v) is 13.1. The fraction of sp³-hybridized carbons (Fsp3) is 0.600. The predicted molar refractivity (Wildman–Crippen MR) is 147 cm³/mol. The van der Waals surface area contributed by atoms with E-state index in [4.69, 9.17) is 0 Å². The van der Waals surface area contributed by atoms with Crippen LogP contribution in [0.25, 0.3) is 0 Å². The lowest BCUT2D eigenvalue weighted by molar-refractivity contribution is 0.422. The van der Waals surface area contributed by atoms with Crippen LogP contribution in [0, 0.1) is 0 Å². The molecule has 2 aromatic rings. The maximum absolute atomic E-state index is 11.2. The van der Waals surface area contributed by atoms with Gasteiger partial charge in [0, 0.05) is 11.2 Å². The van der Waals surface area contributed by atoms with E-state index >= 15 is 0 Å². The van der Waals surface area contributed by atoms with Crippen LogP contribution in [-0.4, -0.2) is 15.5 Å². The molecule has 0 fully saturated rings. The smallest absolute Gasteiger partial charge is 0.123 e. The molecule has 0 atom stereocenters. The van der Waals surface area contributed by atoms with Gasteiger partial charge in [0.25, 0.3) is 0 Å². The van der Waals surface area contributed by atoms with E-state index in [0.29, 0.717) is 11.5 Å². The summed E-state index contributed by atoms with van der Waals surface area (Å²) in [6, 6.07) is 8.71. The Morgan fingerprint density at radius 1 is 0.545 bits per heavy atom. The zero-order valence-electron chi connectivity index (χ0n) is 22.9. The monoisotopic (exact) mass is 516 g/mol. The third kappa shape index (κ3) is 5.96. The van der Waals surface area contributed by atoms with E-state index in [2.05, 4.69) is 123 Å². The van der Waals surface area contributed by atoms with Gasteiger partial charge in [-0.15, -0.1) is 0 Å². The van der Waals surface area contributed by atoms with Crippen LogP contribution >= 0.6 is 15.9 Å². The highest BCUT2D eigenvalue weighted by molar-refractivity contribution is 9.09. The molecule has 3 heteroatoms. The molecule has 0 aromatic heterocycles. The van der Waals surface area contributed by atoms with Crippen molar-refractivity contribution >= 4 is 15.9 Å². The van der Waals surface area contributed by atoms with Crippen molar-refractivity contribution < 1.29 is 10.2 Å². The normalized spacial score (nSPS) is 13.6. The quantitative estimate of drug-likeness (QED) is 0.400. The molecule has 0 unspecified atom stereocenters. The van der Waals surface area contributed by atoms with Gasteiger partial charge in [-0.25, -0.2) is 0 Å². The topological polar surface area (TPSA) is 40.5 Å². The van der Waals surface area contributed by atoms with Crippen molar-refractivity contribution in [2.45, 2.75) is 111 Å². The lowest BCUT2D eigenvalue weighted by Crippen LogP contribution is -2.20. The summed E-state index contributed by atoms with van der Waals surface area (Å²) in [7, 11) is 0. The Bertz CT molecular complexity index is 854. The Balaban J connectivity index is 2.91. The van der Waals surface area contributed by atoms with Crippen LogP contribution in [0.3, 0.4) is 0 Å². The second-order valence-electron chi connectivity index (χ2n) is 13.6. The molecule has 0 aliphatic heterocycles. The Morgan fingerprint density at radius 2 is 0.758 bits per heavy atom. The summed E-state index contributed by atoms with van der Waals surface area (Å²) < 4.78 is 0. The van der Waals surface area contributed by atoms with E-state index in [-0.39, 0.29) is 27.6 Å². The van der Waals surface area contributed by atoms with E-state index in [9.17, 15) is 10.2 Å². The Hall–Kier alpha value is -1.48. The van der Waals surface area contributed by atoms with Gasteiger partial charge in [-0.2, -0.15) is 0 Å². The molecule has 0 heterocycles. The first-order valence-electron chi connectivity index (χ1n) is 12.0. The number of hydrogen-bond donors (Lipinski definition) is 2. The SMILES string of the molecule is CC(C)(C)c1cc(C(CBr)c2cc(C(C)(C)C)c(O)c(C(C)(C)C)c2)cc(C(C)(C)C)c1O. The van der Waals surface area contributed by atoms with Gasteiger partial charge in [-0.1, -0.05) is 123 Å². The molecule has 2 N–H and O–H groups in total. The van der Waals surface area contributed by atoms with Gasteiger partial charge in [-0.3, -0.25) is 0 Å². The molecule has 0 bridgehead atoms. The number of alkyl halides is 1. The zero-order chi connectivity index (χ0) is 25.7. The third-order valence-electron chi connectivity index (χ3n) is 6.46. The number of phenolic OH excluding ortho intramolecular Hbond substituents is 2. The van der Waals surface area contributed by atoms with E-state index in [1.54, 1.807) is 0 Å². The maximum Gasteiger partial charge on any atom is 0.123 e. The summed E-state index contributed by atoms with van der Waals surface area (Å²) in [5.74, 6) is 0.905. The number of rotatable bonds is 3. The second kappa shape index (κ2) is 8.95. The molecule has 2 nitrogen and oxygen atoms in total. The molecule has 0 saturated heterocycles. The molecule has 33 heavy (non-hydrogen) atoms. The number of aromatic hydroxyl groups is 2. The van der Waals surface area contributed by atoms with Crippen LogP contribution in [0.4, 0.5) is 0 Å². The minimum Gasteiger partial charge on any atom is -0.507 e. The van der Waals surface area contributed by atoms with Crippen molar-refractivity contribution in [2.24, 2.45) is 0 Å². The standard InChI is InChI=1S/C30H45BrO2/c1-27(2,3)21-13-18(14-22(25(21)32)28(4,5)6)20(17-31)19-15-23(29(7,8)9)26(33)24(16-19)30(10,11)12/h13-16,20,32-33H,17H2,1-12H3. The highest BCUT2D eigenvalue weighted by Gasteiger charge is 2.31. The molecular weight excluding hydrogens is 472 g/mol. The minimum atomic E-state index is -0.181. The average Bonchev–Trinajstić information content (AvgIpc) is 2.60. The largest absolute Gasteiger partial charge is 0.507 e. The summed E-state index contributed by atoms with van der Waals surface area (Å²) in [6.45, 7) is 25.8. The summed E-state index contributed by atoms with van der Waals surface area (Å²) in [5.41, 5.74) is 5.54. The molecule has 0 aliphatic carbocycles. The van der Waals surface area contributed by atoms with Gasteiger partial charge < -0.3 is 10.2 Å². The van der Waals surface area contributed by atoms with E-state index in [0.717, 1.165) is 27.6 Å². The van der Waals surface area contributed by atoms with Gasteiger partial charge in [0.15, 0.2) is 0 Å². The molecule has 0 saturated carbocycles. The van der Waals surface area contributed by atoms with E-state index in [1.807, 2.05) is 0 Å². The zero-order valence-corrected chi connectivity index (χ0v) is 24.5. The lowest BCUT2D eigenvalue weighted by atomic mass is 9.74. The van der Waals surface area contributed by atoms with Gasteiger partial charge in [0.2, 0.25) is 0 Å². The lowest BCUT2D eigenvalue weighted by Gasteiger charge is -2.32. The molecule has 184 valence electrons. The average molecular weight is 518 g/mol. The Labute approximate surface area is 211 Å². The van der Waals surface area contributed by atoms with Crippen LogP contribution in [0.2, 0.25) is 0 Å². The van der Waals surface area contributed by atoms with Gasteiger partial charge in [0.05, 0.1) is 0 Å². The van der Waals surface area contributed by atoms with Crippen molar-refractivity contribution in [3.63, 3.8) is 0 Å². The molecule has 0 amide bonds. The molecule has 2 aromatic carbocycles. The fourth-order valence-corrected chi connectivity index (χ4v) is 5.12. The summed E-state index contributed by atoms with van der Waals surface area (Å²) >= 11 is 3.80. The molecule has 0 spiro atoms. The highest BCUT2D eigenvalue weighted by Crippen LogP contribution is 2.45. The fourth-order valence-electron chi connectivity index (χ4n) is 4.37. The predicted octanol–water partition coefficient (Wildman–Crippen LogP) is 8.81. The van der Waals surface area contributed by atoms with Crippen LogP contribution in [0.1, 0.15) is 122 Å². The van der Waals surface area contributed by atoms with Crippen LogP contribution in [-0.2, 0) is 21.7 Å². The van der Waals surface area contributed by atoms with Crippen molar-refractivity contribution in [1.82, 2.24) is 0 Å². The van der Waals surface area contributed by atoms with Crippen molar-refractivity contribution in [2.75, 3.05) is 5.33 Å². The van der Waals surface area contributed by atoms with Crippen molar-refractivity contribution in [3.05, 3.63) is 57.6 Å². The van der Waals surface area contributed by atoms with E-state index < -0.39 is 0 Å². The number of benzene rings is 2. The molecular formula is C30H45BrO2. The van der Waals surface area contributed by atoms with Crippen LogP contribution in [0.15, 0.2) is 24.3 Å². The van der Waals surface area contributed by atoms with Gasteiger partial charge in [0.1, 0.15) is 11.5 Å². The van der Waals surface area contributed by atoms with E-state index in [1.165, 1.54) is 11.1 Å². The molecule has 2 rings (SSSR count). The number of halogens is 1. The Morgan fingerprint density at radius 3 is 0.909 bits per heavy atom. The highest BCUT2D eigenvalue weighted by atomic mass is 79.9.